The Morgan fingerprint density at radius 2 is 2.06 bits per heavy atom. The fraction of sp³-hybridized carbons (Fsp3) is 0.273. The summed E-state index contributed by atoms with van der Waals surface area (Å²) in [5.41, 5.74) is 13.9. The maximum absolute atomic E-state index is 12.4. The third-order valence-electron chi connectivity index (χ3n) is 5.54. The number of nitrogens with one attached hydrogen (secondary N) is 1. The summed E-state index contributed by atoms with van der Waals surface area (Å²) in [6, 6.07) is 1.63. The number of hydrogen-bond donors (Lipinski definition) is 3. The van der Waals surface area contributed by atoms with Crippen LogP contribution in [-0.2, 0) is 22.2 Å². The van der Waals surface area contributed by atoms with Crippen LogP contribution in [0.3, 0.4) is 0 Å². The summed E-state index contributed by atoms with van der Waals surface area (Å²) in [5, 5.41) is 10.7. The predicted molar refractivity (Wildman–Crippen MR) is 125 cm³/mol. The second-order valence-electron chi connectivity index (χ2n) is 8.21. The average molecular weight is 496 g/mol. The number of hydrogen-bond acceptors (Lipinski definition) is 9. The lowest BCUT2D eigenvalue weighted by atomic mass is 9.99. The summed E-state index contributed by atoms with van der Waals surface area (Å²) in [5.74, 6) is 6.17. The molecule has 0 amide bonds. The van der Waals surface area contributed by atoms with E-state index in [1.54, 1.807) is 30.7 Å². The smallest absolute Gasteiger partial charge is 0.256 e. The molecular weight excluding hydrogens is 473 g/mol. The zero-order valence-corrected chi connectivity index (χ0v) is 19.3. The maximum atomic E-state index is 12.4. The van der Waals surface area contributed by atoms with Crippen molar-refractivity contribution in [1.82, 2.24) is 34.3 Å². The molecule has 0 saturated heterocycles. The molecule has 180 valence electrons. The number of allylic oxidation sites excluding steroid dienone is 1. The van der Waals surface area contributed by atoms with E-state index in [1.807, 2.05) is 0 Å². The summed E-state index contributed by atoms with van der Waals surface area (Å²) >= 11 is 0. The van der Waals surface area contributed by atoms with Crippen molar-refractivity contribution in [3.05, 3.63) is 71.9 Å². The molecule has 5 rings (SSSR count). The first-order valence-corrected chi connectivity index (χ1v) is 12.3. The molecule has 1 atom stereocenters. The molecule has 13 heteroatoms. The lowest BCUT2D eigenvalue weighted by Crippen LogP contribution is -2.49. The first kappa shape index (κ1) is 22.8. The van der Waals surface area contributed by atoms with Gasteiger partial charge in [0, 0.05) is 24.3 Å². The van der Waals surface area contributed by atoms with E-state index in [9.17, 15) is 12.8 Å². The van der Waals surface area contributed by atoms with Crippen LogP contribution in [0.25, 0.3) is 11.4 Å². The summed E-state index contributed by atoms with van der Waals surface area (Å²) < 4.78 is 39.7. The fourth-order valence-electron chi connectivity index (χ4n) is 3.48. The average Bonchev–Trinajstić information content (AvgIpc) is 3.42. The van der Waals surface area contributed by atoms with E-state index in [0.717, 1.165) is 4.09 Å². The number of alkyl halides is 1. The molecular formula is C22H22FN9O2S. The molecule has 11 nitrogen and oxygen atoms in total. The van der Waals surface area contributed by atoms with Gasteiger partial charge >= 0.3 is 0 Å². The summed E-state index contributed by atoms with van der Waals surface area (Å²) in [4.78, 5) is 8.75. The Bertz CT molecular complexity index is 1510. The van der Waals surface area contributed by atoms with Crippen LogP contribution in [0, 0.1) is 11.8 Å². The highest BCUT2D eigenvalue weighted by molar-refractivity contribution is 7.90. The van der Waals surface area contributed by atoms with E-state index in [0.29, 0.717) is 40.9 Å². The van der Waals surface area contributed by atoms with Gasteiger partial charge in [-0.1, -0.05) is 11.8 Å². The van der Waals surface area contributed by atoms with Gasteiger partial charge in [0.2, 0.25) is 0 Å². The van der Waals surface area contributed by atoms with Crippen LogP contribution < -0.4 is 16.8 Å². The predicted octanol–water partition coefficient (Wildman–Crippen LogP) is 0.339. The van der Waals surface area contributed by atoms with Crippen molar-refractivity contribution in [2.24, 2.45) is 11.5 Å². The molecule has 1 aliphatic heterocycles. The normalized spacial score (nSPS) is 19.8. The topological polar surface area (TPSA) is 160 Å². The second kappa shape index (κ2) is 8.64. The van der Waals surface area contributed by atoms with Crippen molar-refractivity contribution in [3.63, 3.8) is 0 Å². The molecule has 3 aromatic heterocycles. The highest BCUT2D eigenvalue weighted by Gasteiger charge is 2.38. The molecule has 2 aliphatic rings. The van der Waals surface area contributed by atoms with E-state index >= 15 is 0 Å². The van der Waals surface area contributed by atoms with Gasteiger partial charge in [-0.2, -0.15) is 14.3 Å². The number of aromatic nitrogens is 6. The summed E-state index contributed by atoms with van der Waals surface area (Å²) in [6.07, 6.45) is 12.0. The Morgan fingerprint density at radius 3 is 2.80 bits per heavy atom. The van der Waals surface area contributed by atoms with Crippen LogP contribution in [-0.4, -0.2) is 49.3 Å². The second-order valence-corrected chi connectivity index (χ2v) is 10.3. The Balaban J connectivity index is 1.36. The highest BCUT2D eigenvalue weighted by Crippen LogP contribution is 2.30. The number of dihydropyridines is 1. The summed E-state index contributed by atoms with van der Waals surface area (Å²) in [7, 11) is -3.49. The van der Waals surface area contributed by atoms with Gasteiger partial charge in [-0.15, -0.1) is 0 Å². The van der Waals surface area contributed by atoms with Crippen molar-refractivity contribution >= 4 is 10.0 Å². The quantitative estimate of drug-likeness (QED) is 0.410. The van der Waals surface area contributed by atoms with Crippen LogP contribution in [0.4, 0.5) is 4.39 Å². The molecule has 5 N–H and O–H groups in total. The number of nitrogens with two attached hydrogens (primary N) is 2. The molecule has 0 aromatic carbocycles. The highest BCUT2D eigenvalue weighted by atomic mass is 32.2. The number of halogens is 1. The van der Waals surface area contributed by atoms with E-state index in [1.165, 1.54) is 23.3 Å². The van der Waals surface area contributed by atoms with Crippen LogP contribution >= 0.6 is 0 Å². The van der Waals surface area contributed by atoms with Crippen molar-refractivity contribution < 1.29 is 12.8 Å². The Hall–Kier alpha value is -4.02. The standard InChI is InChI=1S/C22H22FN9O2S/c23-6-8-31-13-15(10-28-31)1-2-16-11-27-22(25,9-19(16)24)20-5-7-26-21(30-20)17-12-29-32(14-17)35(33,34)18-3-4-18/h5,7,9-14,18,27H,3-4,6,8,24-25H2. The van der Waals surface area contributed by atoms with E-state index in [4.69, 9.17) is 11.5 Å². The van der Waals surface area contributed by atoms with Gasteiger partial charge in [-0.3, -0.25) is 4.68 Å². The molecule has 0 bridgehead atoms. The molecule has 1 aliphatic carbocycles. The van der Waals surface area contributed by atoms with E-state index < -0.39 is 22.4 Å². The Kier molecular flexibility index (Phi) is 5.62. The first-order chi connectivity index (χ1) is 16.8. The minimum Gasteiger partial charge on any atom is -0.398 e. The molecule has 35 heavy (non-hydrogen) atoms. The summed E-state index contributed by atoms with van der Waals surface area (Å²) in [6.45, 7) is -0.341. The van der Waals surface area contributed by atoms with Crippen LogP contribution in [0.15, 0.2) is 60.6 Å². The van der Waals surface area contributed by atoms with Gasteiger partial charge in [-0.25, -0.2) is 22.8 Å². The Morgan fingerprint density at radius 1 is 1.23 bits per heavy atom. The van der Waals surface area contributed by atoms with Gasteiger partial charge in [0.15, 0.2) is 11.5 Å². The lowest BCUT2D eigenvalue weighted by Gasteiger charge is -2.30. The minimum absolute atomic E-state index is 0.168. The minimum atomic E-state index is -3.49. The molecule has 1 unspecified atom stereocenters. The number of nitrogens with zero attached hydrogens (tertiary/aromatic N) is 6. The number of aryl methyl sites for hydroxylation is 1. The zero-order chi connectivity index (χ0) is 24.6. The van der Waals surface area contributed by atoms with Gasteiger partial charge in [0.25, 0.3) is 10.0 Å². The Labute approximate surface area is 200 Å². The SMILES string of the molecule is NC1=CC(N)(c2ccnc(-c3cnn(S(=O)(=O)C4CC4)c3)n2)NC=C1C#Cc1cnn(CCF)c1. The fourth-order valence-corrected chi connectivity index (χ4v) is 4.95. The largest absolute Gasteiger partial charge is 0.398 e. The van der Waals surface area contributed by atoms with Crippen LogP contribution in [0.2, 0.25) is 0 Å². The lowest BCUT2D eigenvalue weighted by molar-refractivity contribution is 0.427. The third kappa shape index (κ3) is 4.53. The van der Waals surface area contributed by atoms with E-state index in [-0.39, 0.29) is 17.6 Å². The van der Waals surface area contributed by atoms with Gasteiger partial charge < -0.3 is 16.8 Å². The third-order valence-corrected chi connectivity index (χ3v) is 7.58. The number of rotatable bonds is 6. The van der Waals surface area contributed by atoms with Gasteiger partial charge in [-0.05, 0) is 25.0 Å². The van der Waals surface area contributed by atoms with Crippen LogP contribution in [0.5, 0.6) is 0 Å². The molecule has 1 saturated carbocycles. The van der Waals surface area contributed by atoms with Crippen molar-refractivity contribution in [3.8, 4) is 23.2 Å². The maximum Gasteiger partial charge on any atom is 0.256 e. The van der Waals surface area contributed by atoms with Crippen molar-refractivity contribution in [2.75, 3.05) is 6.67 Å². The monoisotopic (exact) mass is 495 g/mol. The molecule has 4 heterocycles. The van der Waals surface area contributed by atoms with Crippen molar-refractivity contribution in [1.29, 1.82) is 0 Å². The molecule has 0 radical (unpaired) electrons. The molecule has 0 spiro atoms. The molecule has 1 fully saturated rings. The molecule has 3 aromatic rings. The van der Waals surface area contributed by atoms with Crippen molar-refractivity contribution in [2.45, 2.75) is 30.3 Å². The van der Waals surface area contributed by atoms with Gasteiger partial charge in [0.1, 0.15) is 6.67 Å². The first-order valence-electron chi connectivity index (χ1n) is 10.8. The van der Waals surface area contributed by atoms with Crippen LogP contribution in [0.1, 0.15) is 24.1 Å². The van der Waals surface area contributed by atoms with Gasteiger partial charge in [0.05, 0.1) is 52.8 Å². The zero-order valence-electron chi connectivity index (χ0n) is 18.5. The van der Waals surface area contributed by atoms with E-state index in [2.05, 4.69) is 37.3 Å².